The minimum absolute atomic E-state index is 1.28. The van der Waals surface area contributed by atoms with Crippen LogP contribution in [-0.2, 0) is 0 Å². The minimum atomic E-state index is 1.28. The number of hydrogen-bond donors (Lipinski definition) is 0. The van der Waals surface area contributed by atoms with Gasteiger partial charge in [0.05, 0.1) is 0 Å². The van der Waals surface area contributed by atoms with Crippen LogP contribution in [0.2, 0.25) is 0 Å². The van der Waals surface area contributed by atoms with Gasteiger partial charge in [0.2, 0.25) is 0 Å². The molecule has 0 fully saturated rings. The molecule has 0 radical (unpaired) electrons. The summed E-state index contributed by atoms with van der Waals surface area (Å²) < 4.78 is 2.17. The fourth-order valence-corrected chi connectivity index (χ4v) is 1.29. The Morgan fingerprint density at radius 2 is 1.50 bits per heavy atom. The fourth-order valence-electron chi connectivity index (χ4n) is 1.29. The zero-order chi connectivity index (χ0) is 7.72. The molecular formula is C8H14N2. The number of aryl methyl sites for hydroxylation is 2. The summed E-state index contributed by atoms with van der Waals surface area (Å²) in [6.45, 7) is 4.21. The number of nitrogens with zero attached hydrogens (tertiary/aromatic N) is 2. The molecular weight excluding hydrogens is 124 g/mol. The average Bonchev–Trinajstić information content (AvgIpc) is 2.11. The van der Waals surface area contributed by atoms with Crippen molar-refractivity contribution in [1.29, 1.82) is 0 Å². The Bertz CT molecular complexity index is 204. The molecule has 0 bridgehead atoms. The van der Waals surface area contributed by atoms with Crippen molar-refractivity contribution in [3.8, 4) is 0 Å². The van der Waals surface area contributed by atoms with Crippen molar-refractivity contribution in [2.24, 2.45) is 0 Å². The molecule has 56 valence electrons. The van der Waals surface area contributed by atoms with E-state index in [1.54, 1.807) is 0 Å². The van der Waals surface area contributed by atoms with E-state index in [0.717, 1.165) is 0 Å². The molecule has 0 spiro atoms. The smallest absolute Gasteiger partial charge is 0.0368 e. The lowest BCUT2D eigenvalue weighted by molar-refractivity contribution is 0.693. The second-order valence-corrected chi connectivity index (χ2v) is 2.78. The van der Waals surface area contributed by atoms with Gasteiger partial charge in [-0.1, -0.05) is 0 Å². The molecule has 10 heavy (non-hydrogen) atoms. The van der Waals surface area contributed by atoms with Gasteiger partial charge in [0.25, 0.3) is 0 Å². The average molecular weight is 138 g/mol. The van der Waals surface area contributed by atoms with E-state index in [2.05, 4.69) is 35.7 Å². The lowest BCUT2D eigenvalue weighted by Gasteiger charge is -2.18. The first-order valence-corrected chi connectivity index (χ1v) is 3.45. The van der Waals surface area contributed by atoms with Crippen molar-refractivity contribution < 1.29 is 0 Å². The Labute approximate surface area is 62.0 Å². The molecule has 0 saturated heterocycles. The summed E-state index contributed by atoms with van der Waals surface area (Å²) in [6, 6.07) is 4.24. The first-order valence-electron chi connectivity index (χ1n) is 3.45. The Balaban J connectivity index is 3.10. The molecule has 1 aromatic rings. The number of aromatic nitrogens is 1. The zero-order valence-electron chi connectivity index (χ0n) is 7.05. The quantitative estimate of drug-likeness (QED) is 0.568. The molecule has 2 heteroatoms. The molecule has 0 amide bonds. The Morgan fingerprint density at radius 3 is 1.70 bits per heavy atom. The number of rotatable bonds is 1. The highest BCUT2D eigenvalue weighted by atomic mass is 15.5. The number of hydrogen-bond acceptors (Lipinski definition) is 1. The Hall–Kier alpha value is -0.920. The van der Waals surface area contributed by atoms with Crippen LogP contribution >= 0.6 is 0 Å². The van der Waals surface area contributed by atoms with Crippen LogP contribution in [0.4, 0.5) is 0 Å². The first-order chi connectivity index (χ1) is 4.63. The van der Waals surface area contributed by atoms with Gasteiger partial charge < -0.3 is 5.01 Å². The first kappa shape index (κ1) is 7.19. The highest BCUT2D eigenvalue weighted by Gasteiger charge is 1.99. The third kappa shape index (κ3) is 1.01. The van der Waals surface area contributed by atoms with Crippen LogP contribution in [0.25, 0.3) is 0 Å². The molecule has 0 aromatic carbocycles. The largest absolute Gasteiger partial charge is 0.319 e. The van der Waals surface area contributed by atoms with Crippen molar-refractivity contribution in [1.82, 2.24) is 4.68 Å². The van der Waals surface area contributed by atoms with Gasteiger partial charge in [0.15, 0.2) is 0 Å². The van der Waals surface area contributed by atoms with E-state index in [-0.39, 0.29) is 0 Å². The maximum Gasteiger partial charge on any atom is 0.0368 e. The monoisotopic (exact) mass is 138 g/mol. The van der Waals surface area contributed by atoms with E-state index in [9.17, 15) is 0 Å². The molecule has 0 unspecified atom stereocenters. The molecule has 0 N–H and O–H groups in total. The molecule has 1 rings (SSSR count). The standard InChI is InChI=1S/C8H14N2/c1-7-5-6-8(2)10(7)9(3)4/h5-6H,1-4H3. The summed E-state index contributed by atoms with van der Waals surface area (Å²) in [5, 5.41) is 2.07. The molecule has 1 aromatic heterocycles. The van der Waals surface area contributed by atoms with E-state index in [0.29, 0.717) is 0 Å². The van der Waals surface area contributed by atoms with Gasteiger partial charge in [-0.3, -0.25) is 4.68 Å². The van der Waals surface area contributed by atoms with Crippen molar-refractivity contribution in [3.63, 3.8) is 0 Å². The predicted molar refractivity (Wildman–Crippen MR) is 44.0 cm³/mol. The zero-order valence-corrected chi connectivity index (χ0v) is 7.05. The van der Waals surface area contributed by atoms with Gasteiger partial charge in [-0.2, -0.15) is 0 Å². The second kappa shape index (κ2) is 2.37. The highest BCUT2D eigenvalue weighted by Crippen LogP contribution is 2.05. The molecule has 0 aliphatic heterocycles. The predicted octanol–water partition coefficient (Wildman–Crippen LogP) is 1.30. The maximum absolute atomic E-state index is 2.17. The van der Waals surface area contributed by atoms with E-state index in [4.69, 9.17) is 0 Å². The van der Waals surface area contributed by atoms with Gasteiger partial charge >= 0.3 is 0 Å². The third-order valence-electron chi connectivity index (χ3n) is 1.63. The summed E-state index contributed by atoms with van der Waals surface area (Å²) in [6.07, 6.45) is 0. The van der Waals surface area contributed by atoms with Crippen molar-refractivity contribution in [2.45, 2.75) is 13.8 Å². The summed E-state index contributed by atoms with van der Waals surface area (Å²) >= 11 is 0. The van der Waals surface area contributed by atoms with Gasteiger partial charge in [-0.25, -0.2) is 0 Å². The van der Waals surface area contributed by atoms with Crippen LogP contribution < -0.4 is 5.01 Å². The van der Waals surface area contributed by atoms with E-state index >= 15 is 0 Å². The Kier molecular flexibility index (Phi) is 1.70. The third-order valence-corrected chi connectivity index (χ3v) is 1.63. The summed E-state index contributed by atoms with van der Waals surface area (Å²) in [7, 11) is 4.08. The van der Waals surface area contributed by atoms with Crippen LogP contribution in [0.5, 0.6) is 0 Å². The fraction of sp³-hybridized carbons (Fsp3) is 0.500. The summed E-state index contributed by atoms with van der Waals surface area (Å²) in [4.78, 5) is 0. The topological polar surface area (TPSA) is 8.17 Å². The second-order valence-electron chi connectivity index (χ2n) is 2.78. The summed E-state index contributed by atoms with van der Waals surface area (Å²) in [5.74, 6) is 0. The van der Waals surface area contributed by atoms with Crippen molar-refractivity contribution >= 4 is 0 Å². The van der Waals surface area contributed by atoms with E-state index in [1.165, 1.54) is 11.4 Å². The molecule has 0 aliphatic rings. The van der Waals surface area contributed by atoms with Gasteiger partial charge in [-0.05, 0) is 26.0 Å². The lowest BCUT2D eigenvalue weighted by Crippen LogP contribution is -2.26. The van der Waals surface area contributed by atoms with Crippen molar-refractivity contribution in [3.05, 3.63) is 23.5 Å². The van der Waals surface area contributed by atoms with E-state index in [1.807, 2.05) is 14.1 Å². The minimum Gasteiger partial charge on any atom is -0.319 e. The van der Waals surface area contributed by atoms with Gasteiger partial charge in [-0.15, -0.1) is 0 Å². The lowest BCUT2D eigenvalue weighted by atomic mass is 10.5. The van der Waals surface area contributed by atoms with E-state index < -0.39 is 0 Å². The van der Waals surface area contributed by atoms with Gasteiger partial charge in [0.1, 0.15) is 0 Å². The van der Waals surface area contributed by atoms with Crippen LogP contribution in [-0.4, -0.2) is 18.8 Å². The molecule has 1 heterocycles. The van der Waals surface area contributed by atoms with Crippen LogP contribution in [0.15, 0.2) is 12.1 Å². The van der Waals surface area contributed by atoms with Crippen LogP contribution in [0.3, 0.4) is 0 Å². The molecule has 0 aliphatic carbocycles. The molecule has 2 nitrogen and oxygen atoms in total. The van der Waals surface area contributed by atoms with Crippen LogP contribution in [0, 0.1) is 13.8 Å². The van der Waals surface area contributed by atoms with Crippen molar-refractivity contribution in [2.75, 3.05) is 19.1 Å². The SMILES string of the molecule is Cc1ccc(C)n1N(C)C. The normalized spacial score (nSPS) is 10.0. The highest BCUT2D eigenvalue weighted by molar-refractivity contribution is 5.15. The molecule has 0 saturated carbocycles. The van der Waals surface area contributed by atoms with Gasteiger partial charge in [0, 0.05) is 25.5 Å². The Morgan fingerprint density at radius 1 is 1.10 bits per heavy atom. The summed E-state index contributed by atoms with van der Waals surface area (Å²) in [5.41, 5.74) is 2.56. The maximum atomic E-state index is 2.17. The van der Waals surface area contributed by atoms with Crippen LogP contribution in [0.1, 0.15) is 11.4 Å². The molecule has 0 atom stereocenters.